The molecule has 0 unspecified atom stereocenters. The van der Waals surface area contributed by atoms with Crippen LogP contribution in [0.3, 0.4) is 0 Å². The molecule has 0 radical (unpaired) electrons. The molecule has 4 rings (SSSR count). The first-order valence-electron chi connectivity index (χ1n) is 9.41. The standard InChI is InChI=1S/C23H20N4O2/c1-3-27-23(29)22(25-18-11-12-19-17(14-18)10-7-13-24-19)20(15(2)28)21(26-27)16-8-5-4-6-9-16/h4-14,25H,3H2,1-2H3. The molecule has 0 spiro atoms. The molecule has 6 nitrogen and oxygen atoms in total. The molecule has 2 aromatic heterocycles. The number of anilines is 2. The van der Waals surface area contributed by atoms with Crippen LogP contribution in [0, 0.1) is 0 Å². The van der Waals surface area contributed by atoms with Crippen LogP contribution in [0.4, 0.5) is 11.4 Å². The van der Waals surface area contributed by atoms with Crippen LogP contribution in [0.15, 0.2) is 71.7 Å². The number of fused-ring (bicyclic) bond motifs is 1. The number of aromatic nitrogens is 3. The number of hydrogen-bond donors (Lipinski definition) is 1. The lowest BCUT2D eigenvalue weighted by Crippen LogP contribution is -2.28. The van der Waals surface area contributed by atoms with E-state index in [1.165, 1.54) is 11.6 Å². The van der Waals surface area contributed by atoms with Crippen LogP contribution in [0.1, 0.15) is 24.2 Å². The lowest BCUT2D eigenvalue weighted by atomic mass is 10.0. The first kappa shape index (κ1) is 18.6. The van der Waals surface area contributed by atoms with Crippen molar-refractivity contribution in [1.82, 2.24) is 14.8 Å². The summed E-state index contributed by atoms with van der Waals surface area (Å²) in [6.45, 7) is 3.70. The Morgan fingerprint density at radius 2 is 1.86 bits per heavy atom. The van der Waals surface area contributed by atoms with Gasteiger partial charge in [-0.3, -0.25) is 14.6 Å². The molecule has 0 saturated heterocycles. The van der Waals surface area contributed by atoms with Gasteiger partial charge in [0.15, 0.2) is 5.78 Å². The second-order valence-corrected chi connectivity index (χ2v) is 6.68. The molecule has 0 aliphatic heterocycles. The molecular weight excluding hydrogens is 364 g/mol. The smallest absolute Gasteiger partial charge is 0.291 e. The second kappa shape index (κ2) is 7.67. The molecule has 2 heterocycles. The van der Waals surface area contributed by atoms with E-state index in [0.717, 1.165) is 16.5 Å². The highest BCUT2D eigenvalue weighted by molar-refractivity contribution is 6.05. The van der Waals surface area contributed by atoms with Crippen LogP contribution in [0.25, 0.3) is 22.2 Å². The zero-order valence-corrected chi connectivity index (χ0v) is 16.2. The Hall–Kier alpha value is -3.80. The van der Waals surface area contributed by atoms with Gasteiger partial charge in [0.1, 0.15) is 11.4 Å². The van der Waals surface area contributed by atoms with Crippen LogP contribution in [-0.4, -0.2) is 20.5 Å². The molecule has 144 valence electrons. The van der Waals surface area contributed by atoms with Gasteiger partial charge in [-0.1, -0.05) is 36.4 Å². The van der Waals surface area contributed by atoms with E-state index in [1.807, 2.05) is 67.6 Å². The van der Waals surface area contributed by atoms with E-state index in [0.29, 0.717) is 17.9 Å². The average Bonchev–Trinajstić information content (AvgIpc) is 2.75. The fourth-order valence-electron chi connectivity index (χ4n) is 3.34. The van der Waals surface area contributed by atoms with E-state index in [2.05, 4.69) is 15.4 Å². The van der Waals surface area contributed by atoms with Crippen molar-refractivity contribution in [2.75, 3.05) is 5.32 Å². The van der Waals surface area contributed by atoms with Crippen molar-refractivity contribution in [2.45, 2.75) is 20.4 Å². The summed E-state index contributed by atoms with van der Waals surface area (Å²) in [5, 5.41) is 8.58. The minimum absolute atomic E-state index is 0.221. The van der Waals surface area contributed by atoms with Crippen LogP contribution in [0.5, 0.6) is 0 Å². The van der Waals surface area contributed by atoms with E-state index in [1.54, 1.807) is 6.20 Å². The number of Topliss-reactive ketones (excluding diaryl/α,β-unsaturated/α-hetero) is 1. The Balaban J connectivity index is 1.93. The SMILES string of the molecule is CCn1nc(-c2ccccc2)c(C(C)=O)c(Nc2ccc3ncccc3c2)c1=O. The maximum absolute atomic E-state index is 13.1. The molecule has 0 bridgehead atoms. The van der Waals surface area contributed by atoms with E-state index < -0.39 is 0 Å². The minimum atomic E-state index is -0.330. The molecule has 0 atom stereocenters. The zero-order chi connectivity index (χ0) is 20.4. The third-order valence-electron chi connectivity index (χ3n) is 4.73. The van der Waals surface area contributed by atoms with Crippen molar-refractivity contribution >= 4 is 28.1 Å². The number of carbonyl (C=O) groups is 1. The number of carbonyl (C=O) groups excluding carboxylic acids is 1. The first-order valence-corrected chi connectivity index (χ1v) is 9.41. The predicted molar refractivity (Wildman–Crippen MR) is 115 cm³/mol. The number of rotatable bonds is 5. The molecule has 0 fully saturated rings. The summed E-state index contributed by atoms with van der Waals surface area (Å²) in [7, 11) is 0. The second-order valence-electron chi connectivity index (χ2n) is 6.68. The maximum Gasteiger partial charge on any atom is 0.291 e. The summed E-state index contributed by atoms with van der Waals surface area (Å²) in [5.41, 5.74) is 3.03. The normalized spacial score (nSPS) is 10.8. The van der Waals surface area contributed by atoms with Gasteiger partial charge in [0.2, 0.25) is 0 Å². The molecule has 2 aromatic carbocycles. The van der Waals surface area contributed by atoms with E-state index in [-0.39, 0.29) is 22.6 Å². The highest BCUT2D eigenvalue weighted by atomic mass is 16.1. The monoisotopic (exact) mass is 384 g/mol. The summed E-state index contributed by atoms with van der Waals surface area (Å²) in [4.78, 5) is 29.9. The molecule has 0 aliphatic rings. The van der Waals surface area contributed by atoms with Crippen LogP contribution in [-0.2, 0) is 6.54 Å². The van der Waals surface area contributed by atoms with E-state index in [9.17, 15) is 9.59 Å². The fourth-order valence-corrected chi connectivity index (χ4v) is 3.34. The Kier molecular flexibility index (Phi) is 4.91. The van der Waals surface area contributed by atoms with Gasteiger partial charge in [0.25, 0.3) is 5.56 Å². The third kappa shape index (κ3) is 3.52. The molecule has 6 heteroatoms. The van der Waals surface area contributed by atoms with Crippen molar-refractivity contribution in [1.29, 1.82) is 0 Å². The molecule has 0 aliphatic carbocycles. The molecule has 0 amide bonds. The number of nitrogens with one attached hydrogen (secondary N) is 1. The largest absolute Gasteiger partial charge is 0.350 e. The number of aryl methyl sites for hydroxylation is 1. The van der Waals surface area contributed by atoms with Gasteiger partial charge < -0.3 is 5.32 Å². The van der Waals surface area contributed by atoms with Gasteiger partial charge >= 0.3 is 0 Å². The van der Waals surface area contributed by atoms with Crippen molar-refractivity contribution in [3.8, 4) is 11.3 Å². The Morgan fingerprint density at radius 1 is 1.07 bits per heavy atom. The van der Waals surface area contributed by atoms with Crippen molar-refractivity contribution < 1.29 is 4.79 Å². The summed E-state index contributed by atoms with van der Waals surface area (Å²) in [6.07, 6.45) is 1.73. The number of hydrogen-bond acceptors (Lipinski definition) is 5. The summed E-state index contributed by atoms with van der Waals surface area (Å²) >= 11 is 0. The summed E-state index contributed by atoms with van der Waals surface area (Å²) in [6, 6.07) is 18.9. The number of benzene rings is 2. The molecule has 4 aromatic rings. The number of ketones is 1. The van der Waals surface area contributed by atoms with Crippen molar-refractivity contribution in [3.63, 3.8) is 0 Å². The molecule has 29 heavy (non-hydrogen) atoms. The quantitative estimate of drug-likeness (QED) is 0.515. The highest BCUT2D eigenvalue weighted by Crippen LogP contribution is 2.28. The van der Waals surface area contributed by atoms with E-state index in [4.69, 9.17) is 0 Å². The highest BCUT2D eigenvalue weighted by Gasteiger charge is 2.22. The minimum Gasteiger partial charge on any atom is -0.350 e. The number of nitrogens with zero attached hydrogens (tertiary/aromatic N) is 3. The lowest BCUT2D eigenvalue weighted by Gasteiger charge is -2.16. The topological polar surface area (TPSA) is 76.9 Å². The molecule has 0 saturated carbocycles. The molecule has 1 N–H and O–H groups in total. The first-order chi connectivity index (χ1) is 14.1. The zero-order valence-electron chi connectivity index (χ0n) is 16.2. The van der Waals surface area contributed by atoms with Crippen LogP contribution < -0.4 is 10.9 Å². The number of pyridine rings is 1. The van der Waals surface area contributed by atoms with Gasteiger partial charge in [-0.25, -0.2) is 4.68 Å². The average molecular weight is 384 g/mol. The Bertz CT molecular complexity index is 1260. The molecular formula is C23H20N4O2. The van der Waals surface area contributed by atoms with E-state index >= 15 is 0 Å². The van der Waals surface area contributed by atoms with Gasteiger partial charge in [-0.15, -0.1) is 0 Å². The van der Waals surface area contributed by atoms with Gasteiger partial charge in [-0.05, 0) is 38.1 Å². The fraction of sp³-hybridized carbons (Fsp3) is 0.130. The third-order valence-corrected chi connectivity index (χ3v) is 4.73. The van der Waals surface area contributed by atoms with Crippen molar-refractivity contribution in [3.05, 3.63) is 82.8 Å². The summed E-state index contributed by atoms with van der Waals surface area (Å²) < 4.78 is 1.37. The summed E-state index contributed by atoms with van der Waals surface area (Å²) in [5.74, 6) is -0.221. The Labute approximate surface area is 167 Å². The van der Waals surface area contributed by atoms with Crippen LogP contribution in [0.2, 0.25) is 0 Å². The van der Waals surface area contributed by atoms with Gasteiger partial charge in [0, 0.05) is 29.4 Å². The van der Waals surface area contributed by atoms with Crippen LogP contribution >= 0.6 is 0 Å². The van der Waals surface area contributed by atoms with Crippen molar-refractivity contribution in [2.24, 2.45) is 0 Å². The lowest BCUT2D eigenvalue weighted by molar-refractivity contribution is 0.101. The maximum atomic E-state index is 13.1. The predicted octanol–water partition coefficient (Wildman–Crippen LogP) is 4.42. The van der Waals surface area contributed by atoms with Gasteiger partial charge in [0.05, 0.1) is 11.1 Å². The Morgan fingerprint density at radius 3 is 2.59 bits per heavy atom. The van der Waals surface area contributed by atoms with Gasteiger partial charge in [-0.2, -0.15) is 5.10 Å².